The maximum Gasteiger partial charge on any atom is 0.297 e. The molecule has 0 fully saturated rings. The van der Waals surface area contributed by atoms with Gasteiger partial charge in [0.25, 0.3) is 5.91 Å². The van der Waals surface area contributed by atoms with Crippen LogP contribution in [0.3, 0.4) is 0 Å². The minimum atomic E-state index is -0.302. The summed E-state index contributed by atoms with van der Waals surface area (Å²) in [6.45, 7) is 7.67. The van der Waals surface area contributed by atoms with Gasteiger partial charge in [-0.15, -0.1) is 0 Å². The first kappa shape index (κ1) is 19.3. The number of methoxy groups -OCH3 is 1. The van der Waals surface area contributed by atoms with Gasteiger partial charge in [-0.25, -0.2) is 0 Å². The van der Waals surface area contributed by atoms with Crippen LogP contribution in [0.15, 0.2) is 35.5 Å². The van der Waals surface area contributed by atoms with E-state index in [2.05, 4.69) is 10.1 Å². The van der Waals surface area contributed by atoms with Gasteiger partial charge in [0, 0.05) is 25.9 Å². The molecule has 0 unspecified atom stereocenters. The second kappa shape index (κ2) is 8.49. The molecule has 3 rings (SSSR count). The van der Waals surface area contributed by atoms with Crippen molar-refractivity contribution in [3.05, 3.63) is 41.0 Å². The van der Waals surface area contributed by atoms with Crippen molar-refractivity contribution in [2.75, 3.05) is 20.3 Å². The number of hydrogen-bond acceptors (Lipinski definition) is 5. The minimum absolute atomic E-state index is 0.0888. The van der Waals surface area contributed by atoms with Gasteiger partial charge in [0.1, 0.15) is 11.4 Å². The Kier molecular flexibility index (Phi) is 6.08. The fourth-order valence-corrected chi connectivity index (χ4v) is 3.92. The Labute approximate surface area is 161 Å². The average Bonchev–Trinajstić information content (AvgIpc) is 3.25. The number of carbonyl (C=O) groups excluding carboxylic acids is 1. The third-order valence-corrected chi connectivity index (χ3v) is 5.10. The normalized spacial score (nSPS) is 12.3. The predicted molar refractivity (Wildman–Crippen MR) is 105 cm³/mol. The van der Waals surface area contributed by atoms with Crippen molar-refractivity contribution < 1.29 is 14.3 Å². The molecule has 0 atom stereocenters. The van der Waals surface area contributed by atoms with E-state index in [1.165, 1.54) is 11.3 Å². The third-order valence-electron chi connectivity index (χ3n) is 4.06. The molecule has 0 saturated heterocycles. The van der Waals surface area contributed by atoms with Crippen LogP contribution in [0.1, 0.15) is 37.3 Å². The van der Waals surface area contributed by atoms with Gasteiger partial charge in [-0.3, -0.25) is 9.48 Å². The van der Waals surface area contributed by atoms with Crippen LogP contribution >= 0.6 is 11.3 Å². The Morgan fingerprint density at radius 2 is 2.15 bits per heavy atom. The maximum absolute atomic E-state index is 12.8. The molecule has 0 saturated carbocycles. The highest BCUT2D eigenvalue weighted by Crippen LogP contribution is 2.23. The summed E-state index contributed by atoms with van der Waals surface area (Å²) in [6.07, 6.45) is 1.63. The Morgan fingerprint density at radius 3 is 2.85 bits per heavy atom. The zero-order chi connectivity index (χ0) is 19.4. The Balaban J connectivity index is 2.09. The highest BCUT2D eigenvalue weighted by molar-refractivity contribution is 7.16. The van der Waals surface area contributed by atoms with E-state index in [9.17, 15) is 4.79 Å². The number of nitrogens with zero attached hydrogens (tertiary/aromatic N) is 4. The lowest BCUT2D eigenvalue weighted by Crippen LogP contribution is -2.20. The Bertz CT molecular complexity index is 1000. The van der Waals surface area contributed by atoms with Crippen LogP contribution in [0.2, 0.25) is 0 Å². The molecule has 0 N–H and O–H groups in total. The molecule has 2 heterocycles. The molecule has 0 radical (unpaired) electrons. The van der Waals surface area contributed by atoms with Gasteiger partial charge >= 0.3 is 0 Å². The number of rotatable bonds is 7. The van der Waals surface area contributed by atoms with Gasteiger partial charge < -0.3 is 14.0 Å². The number of hydrogen-bond donors (Lipinski definition) is 0. The molecule has 144 valence electrons. The summed E-state index contributed by atoms with van der Waals surface area (Å²) in [5.74, 6) is 0.504. The number of fused-ring (bicyclic) bond motifs is 1. The van der Waals surface area contributed by atoms with Crippen molar-refractivity contribution in [1.29, 1.82) is 0 Å². The number of carbonyl (C=O) groups is 1. The van der Waals surface area contributed by atoms with Crippen LogP contribution in [0, 0.1) is 0 Å². The molecule has 7 nitrogen and oxygen atoms in total. The molecule has 1 aromatic carbocycles. The Morgan fingerprint density at radius 1 is 1.33 bits per heavy atom. The lowest BCUT2D eigenvalue weighted by atomic mass is 10.3. The lowest BCUT2D eigenvalue weighted by molar-refractivity contribution is 0.0985. The lowest BCUT2D eigenvalue weighted by Gasteiger charge is -2.08. The minimum Gasteiger partial charge on any atom is -0.494 e. The van der Waals surface area contributed by atoms with Crippen molar-refractivity contribution >= 4 is 27.5 Å². The summed E-state index contributed by atoms with van der Waals surface area (Å²) in [4.78, 5) is 17.8. The fraction of sp³-hybridized carbons (Fsp3) is 0.421. The molecule has 0 spiro atoms. The van der Waals surface area contributed by atoms with Crippen LogP contribution in [-0.4, -0.2) is 40.6 Å². The van der Waals surface area contributed by atoms with Gasteiger partial charge in [-0.1, -0.05) is 11.3 Å². The summed E-state index contributed by atoms with van der Waals surface area (Å²) in [5.41, 5.74) is 1.49. The van der Waals surface area contributed by atoms with Gasteiger partial charge in [-0.2, -0.15) is 10.1 Å². The fourth-order valence-electron chi connectivity index (χ4n) is 2.83. The second-order valence-corrected chi connectivity index (χ2v) is 7.27. The van der Waals surface area contributed by atoms with Gasteiger partial charge in [0.05, 0.1) is 23.4 Å². The van der Waals surface area contributed by atoms with Crippen LogP contribution in [0.25, 0.3) is 10.2 Å². The quantitative estimate of drug-likeness (QED) is 0.623. The zero-order valence-corrected chi connectivity index (χ0v) is 16.8. The first-order valence-corrected chi connectivity index (χ1v) is 9.74. The first-order valence-electron chi connectivity index (χ1n) is 8.92. The van der Waals surface area contributed by atoms with Gasteiger partial charge in [0.2, 0.25) is 0 Å². The van der Waals surface area contributed by atoms with Crippen molar-refractivity contribution in [3.63, 3.8) is 0 Å². The SMILES string of the molecule is CCOc1ccc2c(c1)sc(=NC(=O)c1ccnn1C(C)C)n2CCOC. The summed E-state index contributed by atoms with van der Waals surface area (Å²) < 4.78 is 15.5. The second-order valence-electron chi connectivity index (χ2n) is 6.26. The summed E-state index contributed by atoms with van der Waals surface area (Å²) in [6, 6.07) is 7.70. The van der Waals surface area contributed by atoms with Gasteiger partial charge in [-0.05, 0) is 45.0 Å². The summed E-state index contributed by atoms with van der Waals surface area (Å²) in [7, 11) is 1.66. The molecule has 8 heteroatoms. The maximum atomic E-state index is 12.8. The van der Waals surface area contributed by atoms with E-state index in [1.807, 2.05) is 43.5 Å². The number of thiazole rings is 1. The average molecular weight is 388 g/mol. The van der Waals surface area contributed by atoms with E-state index in [1.54, 1.807) is 24.1 Å². The predicted octanol–water partition coefficient (Wildman–Crippen LogP) is 3.27. The third kappa shape index (κ3) is 4.12. The Hall–Kier alpha value is -2.45. The van der Waals surface area contributed by atoms with E-state index >= 15 is 0 Å². The molecular formula is C19H24N4O3S. The number of benzene rings is 1. The molecule has 0 aliphatic carbocycles. The number of ether oxygens (including phenoxy) is 2. The van der Waals surface area contributed by atoms with Crippen LogP contribution in [0.5, 0.6) is 5.75 Å². The largest absolute Gasteiger partial charge is 0.494 e. The van der Waals surface area contributed by atoms with Gasteiger partial charge in [0.15, 0.2) is 4.80 Å². The van der Waals surface area contributed by atoms with Crippen molar-refractivity contribution in [2.24, 2.45) is 4.99 Å². The molecule has 3 aromatic rings. The summed E-state index contributed by atoms with van der Waals surface area (Å²) >= 11 is 1.46. The molecule has 2 aromatic heterocycles. The van der Waals surface area contributed by atoms with E-state index in [-0.39, 0.29) is 11.9 Å². The zero-order valence-electron chi connectivity index (χ0n) is 16.0. The topological polar surface area (TPSA) is 70.6 Å². The molecule has 0 bridgehead atoms. The van der Waals surface area contributed by atoms with Crippen LogP contribution in [-0.2, 0) is 11.3 Å². The first-order chi connectivity index (χ1) is 13.0. The molecular weight excluding hydrogens is 364 g/mol. The van der Waals surface area contributed by atoms with E-state index in [0.717, 1.165) is 16.0 Å². The smallest absolute Gasteiger partial charge is 0.297 e. The van der Waals surface area contributed by atoms with E-state index in [4.69, 9.17) is 9.47 Å². The molecule has 1 amide bonds. The van der Waals surface area contributed by atoms with Crippen molar-refractivity contribution in [3.8, 4) is 5.75 Å². The number of aromatic nitrogens is 3. The monoisotopic (exact) mass is 388 g/mol. The highest BCUT2D eigenvalue weighted by atomic mass is 32.1. The standard InChI is InChI=1S/C19H24N4O3S/c1-5-26-14-6-7-15-17(12-14)27-19(22(15)10-11-25-4)21-18(24)16-8-9-20-23(16)13(2)3/h6-9,12-13H,5,10-11H2,1-4H3. The van der Waals surface area contributed by atoms with E-state index in [0.29, 0.717) is 30.3 Å². The van der Waals surface area contributed by atoms with E-state index < -0.39 is 0 Å². The van der Waals surface area contributed by atoms with Crippen LogP contribution < -0.4 is 9.54 Å². The molecule has 27 heavy (non-hydrogen) atoms. The summed E-state index contributed by atoms with van der Waals surface area (Å²) in [5, 5.41) is 4.22. The highest BCUT2D eigenvalue weighted by Gasteiger charge is 2.15. The number of amides is 1. The van der Waals surface area contributed by atoms with Crippen LogP contribution in [0.4, 0.5) is 0 Å². The van der Waals surface area contributed by atoms with Crippen molar-refractivity contribution in [1.82, 2.24) is 14.3 Å². The molecule has 0 aliphatic heterocycles. The molecule has 0 aliphatic rings. The van der Waals surface area contributed by atoms with Crippen molar-refractivity contribution in [2.45, 2.75) is 33.4 Å².